The number of hydrogen-bond donors (Lipinski definition) is 0. The minimum atomic E-state index is 0.0114. The lowest BCUT2D eigenvalue weighted by molar-refractivity contribution is -0.149. The van der Waals surface area contributed by atoms with Crippen LogP contribution in [0.15, 0.2) is 12.2 Å². The summed E-state index contributed by atoms with van der Waals surface area (Å²) >= 11 is 0. The molecular weight excluding hydrogens is 236 g/mol. The van der Waals surface area contributed by atoms with Crippen LogP contribution in [-0.4, -0.2) is 12.1 Å². The zero-order valence-electron chi connectivity index (χ0n) is 12.5. The highest BCUT2D eigenvalue weighted by Gasteiger charge is 2.12. The van der Waals surface area contributed by atoms with Crippen LogP contribution in [0, 0.1) is 0 Å². The maximum atomic E-state index is 11.8. The molecule has 0 aromatic heterocycles. The number of rotatable bonds is 2. The van der Waals surface area contributed by atoms with E-state index in [1.165, 1.54) is 38.5 Å². The fourth-order valence-electron chi connectivity index (χ4n) is 2.59. The molecule has 1 aliphatic heterocycles. The van der Waals surface area contributed by atoms with Gasteiger partial charge in [-0.25, -0.2) is 0 Å². The van der Waals surface area contributed by atoms with Gasteiger partial charge in [0.15, 0.2) is 0 Å². The average molecular weight is 266 g/mol. The van der Waals surface area contributed by atoms with Gasteiger partial charge in [-0.1, -0.05) is 51.2 Å². The van der Waals surface area contributed by atoms with Gasteiger partial charge >= 0.3 is 5.97 Å². The van der Waals surface area contributed by atoms with E-state index in [4.69, 9.17) is 4.74 Å². The summed E-state index contributed by atoms with van der Waals surface area (Å²) in [5.74, 6) is 0.0114. The van der Waals surface area contributed by atoms with Crippen molar-refractivity contribution < 1.29 is 9.53 Å². The van der Waals surface area contributed by atoms with Crippen molar-refractivity contribution in [2.45, 2.75) is 90.1 Å². The molecule has 2 heteroatoms. The molecule has 0 radical (unpaired) electrons. The van der Waals surface area contributed by atoms with Crippen LogP contribution in [0.4, 0.5) is 0 Å². The monoisotopic (exact) mass is 266 g/mol. The summed E-state index contributed by atoms with van der Waals surface area (Å²) in [7, 11) is 0. The van der Waals surface area contributed by atoms with Gasteiger partial charge in [0.25, 0.3) is 0 Å². The number of esters is 1. The molecule has 1 unspecified atom stereocenters. The van der Waals surface area contributed by atoms with Crippen LogP contribution in [0.2, 0.25) is 0 Å². The normalized spacial score (nSPS) is 25.9. The third-order valence-electron chi connectivity index (χ3n) is 3.73. The Kier molecular flexibility index (Phi) is 9.48. The topological polar surface area (TPSA) is 26.3 Å². The second kappa shape index (κ2) is 11.1. The van der Waals surface area contributed by atoms with E-state index in [9.17, 15) is 4.79 Å². The molecule has 110 valence electrons. The van der Waals surface area contributed by atoms with E-state index >= 15 is 0 Å². The molecule has 19 heavy (non-hydrogen) atoms. The lowest BCUT2D eigenvalue weighted by atomic mass is 10.1. The lowest BCUT2D eigenvalue weighted by Gasteiger charge is -2.16. The number of hydrogen-bond acceptors (Lipinski definition) is 2. The molecule has 1 atom stereocenters. The quantitative estimate of drug-likeness (QED) is 0.509. The Morgan fingerprint density at radius 1 is 1.05 bits per heavy atom. The van der Waals surface area contributed by atoms with Crippen LogP contribution in [0.5, 0.6) is 0 Å². The number of carbonyl (C=O) groups is 1. The zero-order valence-corrected chi connectivity index (χ0v) is 12.5. The summed E-state index contributed by atoms with van der Waals surface area (Å²) in [6.07, 6.45) is 18.0. The maximum absolute atomic E-state index is 11.8. The van der Waals surface area contributed by atoms with Gasteiger partial charge < -0.3 is 4.74 Å². The third kappa shape index (κ3) is 8.85. The van der Waals surface area contributed by atoms with Gasteiger partial charge in [-0.2, -0.15) is 0 Å². The van der Waals surface area contributed by atoms with E-state index in [1.807, 2.05) is 0 Å². The zero-order chi connectivity index (χ0) is 13.8. The van der Waals surface area contributed by atoms with E-state index in [1.54, 1.807) is 0 Å². The van der Waals surface area contributed by atoms with Crippen molar-refractivity contribution >= 4 is 5.97 Å². The maximum Gasteiger partial charge on any atom is 0.306 e. The molecule has 2 nitrogen and oxygen atoms in total. The van der Waals surface area contributed by atoms with Crippen molar-refractivity contribution in [3.63, 3.8) is 0 Å². The van der Waals surface area contributed by atoms with Gasteiger partial charge in [-0.05, 0) is 38.5 Å². The predicted octanol–water partition coefficient (Wildman–Crippen LogP) is 5.17. The minimum absolute atomic E-state index is 0.0114. The Morgan fingerprint density at radius 2 is 1.74 bits per heavy atom. The summed E-state index contributed by atoms with van der Waals surface area (Å²) in [5.41, 5.74) is 0. The van der Waals surface area contributed by atoms with Crippen molar-refractivity contribution in [1.82, 2.24) is 0 Å². The lowest BCUT2D eigenvalue weighted by Crippen LogP contribution is -2.17. The highest BCUT2D eigenvalue weighted by molar-refractivity contribution is 5.69. The van der Waals surface area contributed by atoms with Crippen LogP contribution < -0.4 is 0 Å². The molecule has 0 bridgehead atoms. The molecule has 0 spiro atoms. The summed E-state index contributed by atoms with van der Waals surface area (Å²) in [4.78, 5) is 11.8. The fourth-order valence-corrected chi connectivity index (χ4v) is 2.59. The Morgan fingerprint density at radius 3 is 2.53 bits per heavy atom. The van der Waals surface area contributed by atoms with Crippen LogP contribution in [0.1, 0.15) is 84.0 Å². The summed E-state index contributed by atoms with van der Waals surface area (Å²) < 4.78 is 5.59. The van der Waals surface area contributed by atoms with E-state index in [0.29, 0.717) is 6.42 Å². The minimum Gasteiger partial charge on any atom is -0.462 e. The van der Waals surface area contributed by atoms with Gasteiger partial charge in [-0.15, -0.1) is 0 Å². The highest BCUT2D eigenvalue weighted by Crippen LogP contribution is 2.15. The Bertz CT molecular complexity index is 258. The third-order valence-corrected chi connectivity index (χ3v) is 3.73. The first-order chi connectivity index (χ1) is 9.33. The number of carbonyl (C=O) groups excluding carboxylic acids is 1. The molecule has 0 amide bonds. The summed E-state index contributed by atoms with van der Waals surface area (Å²) in [5, 5.41) is 0. The first-order valence-electron chi connectivity index (χ1n) is 8.17. The summed E-state index contributed by atoms with van der Waals surface area (Å²) in [6.45, 7) is 2.15. The first-order valence-corrected chi connectivity index (χ1v) is 8.17. The van der Waals surface area contributed by atoms with E-state index in [-0.39, 0.29) is 12.1 Å². The van der Waals surface area contributed by atoms with Gasteiger partial charge in [0.05, 0.1) is 0 Å². The van der Waals surface area contributed by atoms with E-state index < -0.39 is 0 Å². The van der Waals surface area contributed by atoms with Crippen LogP contribution in [-0.2, 0) is 9.53 Å². The first kappa shape index (κ1) is 16.3. The molecule has 0 N–H and O–H groups in total. The van der Waals surface area contributed by atoms with E-state index in [2.05, 4.69) is 19.1 Å². The molecular formula is C17H30O2. The summed E-state index contributed by atoms with van der Waals surface area (Å²) in [6, 6.07) is 0. The smallest absolute Gasteiger partial charge is 0.306 e. The van der Waals surface area contributed by atoms with Gasteiger partial charge in [0.1, 0.15) is 6.10 Å². The molecule has 0 fully saturated rings. The molecule has 0 aliphatic carbocycles. The van der Waals surface area contributed by atoms with E-state index in [0.717, 1.165) is 32.1 Å². The Labute approximate surface area is 118 Å². The molecule has 0 saturated heterocycles. The predicted molar refractivity (Wildman–Crippen MR) is 80.1 cm³/mol. The van der Waals surface area contributed by atoms with Crippen LogP contribution >= 0.6 is 0 Å². The molecule has 1 aliphatic rings. The van der Waals surface area contributed by atoms with Gasteiger partial charge in [-0.3, -0.25) is 4.79 Å². The Balaban J connectivity index is 2.40. The number of allylic oxidation sites excluding steroid dienone is 2. The Hall–Kier alpha value is -0.790. The van der Waals surface area contributed by atoms with Crippen molar-refractivity contribution in [2.75, 3.05) is 0 Å². The molecule has 0 aromatic rings. The number of ether oxygens (including phenoxy) is 1. The van der Waals surface area contributed by atoms with Crippen molar-refractivity contribution in [2.24, 2.45) is 0 Å². The molecule has 0 saturated carbocycles. The largest absolute Gasteiger partial charge is 0.462 e. The highest BCUT2D eigenvalue weighted by atomic mass is 16.5. The van der Waals surface area contributed by atoms with Gasteiger partial charge in [0, 0.05) is 6.42 Å². The van der Waals surface area contributed by atoms with Crippen molar-refractivity contribution in [1.29, 1.82) is 0 Å². The molecule has 0 aromatic carbocycles. The second-order valence-corrected chi connectivity index (χ2v) is 5.61. The van der Waals surface area contributed by atoms with Crippen molar-refractivity contribution in [3.05, 3.63) is 12.2 Å². The average Bonchev–Trinajstić information content (AvgIpc) is 2.40. The van der Waals surface area contributed by atoms with Crippen molar-refractivity contribution in [3.8, 4) is 0 Å². The molecule has 1 heterocycles. The fraction of sp³-hybridized carbons (Fsp3) is 0.824. The van der Waals surface area contributed by atoms with Crippen LogP contribution in [0.25, 0.3) is 0 Å². The standard InChI is InChI=1S/C17H30O2/c1-2-13-16-14-11-9-7-5-3-4-6-8-10-12-15-17(18)19-16/h7,9,16H,2-6,8,10-15H2,1H3/b9-7-. The number of cyclic esters (lactones) is 1. The van der Waals surface area contributed by atoms with Crippen LogP contribution in [0.3, 0.4) is 0 Å². The molecule has 1 rings (SSSR count). The SMILES string of the molecule is CCCC1CC/C=C\CCCCCCCCC(=O)O1. The second-order valence-electron chi connectivity index (χ2n) is 5.61. The van der Waals surface area contributed by atoms with Gasteiger partial charge in [0.2, 0.25) is 0 Å².